The maximum Gasteiger partial charge on any atom is 0.225 e. The van der Waals surface area contributed by atoms with Gasteiger partial charge in [-0.05, 0) is 43.5 Å². The van der Waals surface area contributed by atoms with E-state index in [0.717, 1.165) is 51.1 Å². The molecule has 1 heterocycles. The predicted molar refractivity (Wildman–Crippen MR) is 85.7 cm³/mol. The van der Waals surface area contributed by atoms with Gasteiger partial charge in [0.05, 0.1) is 4.90 Å². The third-order valence-electron chi connectivity index (χ3n) is 4.36. The molecule has 1 aromatic rings. The molecule has 3 rings (SSSR count). The quantitative estimate of drug-likeness (QED) is 0.847. The normalized spacial score (nSPS) is 19.9. The molecule has 0 atom stereocenters. The standard InChI is InChI=1S/C16H22N2O3S/c1-22(20,21)15-7-5-14(6-8-15)17-9-2-10-18(12-11-17)16(19)13-3-4-13/h5-8,13H,2-4,9-12H2,1H3. The molecule has 1 amide bonds. The van der Waals surface area contributed by atoms with Crippen molar-refractivity contribution in [1.29, 1.82) is 0 Å². The Morgan fingerprint density at radius 3 is 2.32 bits per heavy atom. The number of sulfone groups is 1. The second-order valence-electron chi connectivity index (χ2n) is 6.21. The average molecular weight is 322 g/mol. The fraction of sp³-hybridized carbons (Fsp3) is 0.562. The highest BCUT2D eigenvalue weighted by Crippen LogP contribution is 2.31. The SMILES string of the molecule is CS(=O)(=O)c1ccc(N2CCCN(C(=O)C3CC3)CC2)cc1. The lowest BCUT2D eigenvalue weighted by molar-refractivity contribution is -0.132. The van der Waals surface area contributed by atoms with Gasteiger partial charge in [-0.1, -0.05) is 0 Å². The predicted octanol–water partition coefficient (Wildman–Crippen LogP) is 1.54. The third-order valence-corrected chi connectivity index (χ3v) is 5.49. The lowest BCUT2D eigenvalue weighted by Gasteiger charge is -2.24. The summed E-state index contributed by atoms with van der Waals surface area (Å²) in [6.45, 7) is 3.28. The van der Waals surface area contributed by atoms with Crippen LogP contribution in [0.3, 0.4) is 0 Å². The average Bonchev–Trinajstić information content (AvgIpc) is 3.32. The van der Waals surface area contributed by atoms with E-state index in [9.17, 15) is 13.2 Å². The fourth-order valence-corrected chi connectivity index (χ4v) is 3.52. The van der Waals surface area contributed by atoms with E-state index in [4.69, 9.17) is 0 Å². The summed E-state index contributed by atoms with van der Waals surface area (Å²) in [7, 11) is -3.15. The lowest BCUT2D eigenvalue weighted by atomic mass is 10.2. The molecule has 0 N–H and O–H groups in total. The Balaban J connectivity index is 1.66. The molecule has 1 aromatic carbocycles. The number of rotatable bonds is 3. The molecule has 6 heteroatoms. The van der Waals surface area contributed by atoms with Gasteiger partial charge in [-0.25, -0.2) is 8.42 Å². The first kappa shape index (κ1) is 15.3. The van der Waals surface area contributed by atoms with Gasteiger partial charge in [-0.15, -0.1) is 0 Å². The van der Waals surface area contributed by atoms with Crippen LogP contribution in [0.15, 0.2) is 29.2 Å². The van der Waals surface area contributed by atoms with Crippen molar-refractivity contribution in [2.45, 2.75) is 24.2 Å². The zero-order chi connectivity index (χ0) is 15.7. The number of hydrogen-bond acceptors (Lipinski definition) is 4. The van der Waals surface area contributed by atoms with Gasteiger partial charge in [0.1, 0.15) is 0 Å². The highest BCUT2D eigenvalue weighted by molar-refractivity contribution is 7.90. The van der Waals surface area contributed by atoms with E-state index >= 15 is 0 Å². The minimum absolute atomic E-state index is 0.278. The summed E-state index contributed by atoms with van der Waals surface area (Å²) < 4.78 is 23.0. The van der Waals surface area contributed by atoms with Crippen LogP contribution in [-0.4, -0.2) is 51.7 Å². The minimum Gasteiger partial charge on any atom is -0.370 e. The van der Waals surface area contributed by atoms with Crippen LogP contribution in [0.2, 0.25) is 0 Å². The van der Waals surface area contributed by atoms with Crippen molar-refractivity contribution >= 4 is 21.4 Å². The van der Waals surface area contributed by atoms with Gasteiger partial charge in [0, 0.05) is 44.0 Å². The van der Waals surface area contributed by atoms with Crippen LogP contribution in [-0.2, 0) is 14.6 Å². The highest BCUT2D eigenvalue weighted by atomic mass is 32.2. The Morgan fingerprint density at radius 1 is 1.05 bits per heavy atom. The van der Waals surface area contributed by atoms with E-state index in [-0.39, 0.29) is 5.92 Å². The molecule has 1 aliphatic carbocycles. The van der Waals surface area contributed by atoms with Gasteiger partial charge < -0.3 is 9.80 Å². The van der Waals surface area contributed by atoms with Gasteiger partial charge in [0.2, 0.25) is 5.91 Å². The Hall–Kier alpha value is -1.56. The summed E-state index contributed by atoms with van der Waals surface area (Å²) in [5.74, 6) is 0.592. The van der Waals surface area contributed by atoms with Crippen LogP contribution in [0.5, 0.6) is 0 Å². The summed E-state index contributed by atoms with van der Waals surface area (Å²) in [4.78, 5) is 16.7. The second-order valence-corrected chi connectivity index (χ2v) is 8.22. The number of nitrogens with zero attached hydrogens (tertiary/aromatic N) is 2. The monoisotopic (exact) mass is 322 g/mol. The number of benzene rings is 1. The van der Waals surface area contributed by atoms with Gasteiger partial charge >= 0.3 is 0 Å². The van der Waals surface area contributed by atoms with E-state index in [1.165, 1.54) is 6.26 Å². The van der Waals surface area contributed by atoms with Crippen LogP contribution in [0.1, 0.15) is 19.3 Å². The number of carbonyl (C=O) groups excluding carboxylic acids is 1. The van der Waals surface area contributed by atoms with Crippen molar-refractivity contribution in [3.05, 3.63) is 24.3 Å². The first-order valence-electron chi connectivity index (χ1n) is 7.79. The van der Waals surface area contributed by atoms with Gasteiger partial charge in [0.25, 0.3) is 0 Å². The molecular weight excluding hydrogens is 300 g/mol. The van der Waals surface area contributed by atoms with Gasteiger partial charge in [-0.3, -0.25) is 4.79 Å². The number of amides is 1. The van der Waals surface area contributed by atoms with E-state index in [1.807, 2.05) is 17.0 Å². The summed E-state index contributed by atoms with van der Waals surface area (Å²) in [6.07, 6.45) is 4.26. The molecular formula is C16H22N2O3S. The smallest absolute Gasteiger partial charge is 0.225 e. The van der Waals surface area contributed by atoms with Crippen LogP contribution >= 0.6 is 0 Å². The lowest BCUT2D eigenvalue weighted by Crippen LogP contribution is -2.36. The molecule has 2 fully saturated rings. The van der Waals surface area contributed by atoms with Gasteiger partial charge in [0.15, 0.2) is 9.84 Å². The van der Waals surface area contributed by atoms with Crippen LogP contribution in [0.25, 0.3) is 0 Å². The first-order chi connectivity index (χ1) is 10.4. The largest absolute Gasteiger partial charge is 0.370 e. The molecule has 2 aliphatic rings. The number of hydrogen-bond donors (Lipinski definition) is 0. The van der Waals surface area contributed by atoms with Crippen molar-refractivity contribution in [3.63, 3.8) is 0 Å². The van der Waals surface area contributed by atoms with E-state index in [2.05, 4.69) is 4.90 Å². The summed E-state index contributed by atoms with van der Waals surface area (Å²) >= 11 is 0. The molecule has 22 heavy (non-hydrogen) atoms. The zero-order valence-corrected chi connectivity index (χ0v) is 13.7. The molecule has 1 saturated heterocycles. The minimum atomic E-state index is -3.15. The molecule has 120 valence electrons. The number of carbonyl (C=O) groups is 1. The Labute approximate surface area is 131 Å². The van der Waals surface area contributed by atoms with Crippen LogP contribution in [0.4, 0.5) is 5.69 Å². The van der Waals surface area contributed by atoms with Crippen molar-refractivity contribution in [3.8, 4) is 0 Å². The van der Waals surface area contributed by atoms with Crippen LogP contribution in [0, 0.1) is 5.92 Å². The van der Waals surface area contributed by atoms with E-state index in [0.29, 0.717) is 10.8 Å². The molecule has 0 aromatic heterocycles. The maximum atomic E-state index is 12.2. The maximum absolute atomic E-state index is 12.2. The van der Waals surface area contributed by atoms with Crippen molar-refractivity contribution < 1.29 is 13.2 Å². The third kappa shape index (κ3) is 3.43. The highest BCUT2D eigenvalue weighted by Gasteiger charge is 2.33. The van der Waals surface area contributed by atoms with Crippen molar-refractivity contribution in [2.24, 2.45) is 5.92 Å². The Morgan fingerprint density at radius 2 is 1.73 bits per heavy atom. The van der Waals surface area contributed by atoms with Gasteiger partial charge in [-0.2, -0.15) is 0 Å². The Bertz CT molecular complexity index is 650. The molecule has 0 radical (unpaired) electrons. The summed E-state index contributed by atoms with van der Waals surface area (Å²) in [6, 6.07) is 7.02. The first-order valence-corrected chi connectivity index (χ1v) is 9.68. The van der Waals surface area contributed by atoms with Crippen LogP contribution < -0.4 is 4.90 Å². The zero-order valence-electron chi connectivity index (χ0n) is 12.9. The fourth-order valence-electron chi connectivity index (χ4n) is 2.89. The molecule has 0 spiro atoms. The van der Waals surface area contributed by atoms with Crippen molar-refractivity contribution in [1.82, 2.24) is 4.90 Å². The number of anilines is 1. The van der Waals surface area contributed by atoms with E-state index in [1.54, 1.807) is 12.1 Å². The van der Waals surface area contributed by atoms with E-state index < -0.39 is 9.84 Å². The summed E-state index contributed by atoms with van der Waals surface area (Å²) in [5.41, 5.74) is 1.02. The topological polar surface area (TPSA) is 57.7 Å². The summed E-state index contributed by atoms with van der Waals surface area (Å²) in [5, 5.41) is 0. The molecule has 1 aliphatic heterocycles. The molecule has 1 saturated carbocycles. The molecule has 5 nitrogen and oxygen atoms in total. The molecule has 0 bridgehead atoms. The molecule has 0 unspecified atom stereocenters. The second kappa shape index (κ2) is 5.91. The van der Waals surface area contributed by atoms with Crippen molar-refractivity contribution in [2.75, 3.05) is 37.3 Å². The Kier molecular flexibility index (Phi) is 4.12.